The minimum absolute atomic E-state index is 0.185. The van der Waals surface area contributed by atoms with Crippen molar-refractivity contribution in [2.75, 3.05) is 13.6 Å². The summed E-state index contributed by atoms with van der Waals surface area (Å²) in [5, 5.41) is 8.54. The standard InChI is InChI=1S/C11H14BrNO2/c1-13(6-5-11(14)15)8-9-3-2-4-10(12)7-9/h2-4,7H,5-6,8H2,1H3,(H,14,15). The average Bonchev–Trinajstić information content (AvgIpc) is 2.15. The van der Waals surface area contributed by atoms with Crippen LogP contribution in [0.2, 0.25) is 0 Å². The number of halogens is 1. The Balaban J connectivity index is 2.44. The molecule has 1 rings (SSSR count). The molecule has 0 bridgehead atoms. The van der Waals surface area contributed by atoms with Gasteiger partial charge in [0.1, 0.15) is 0 Å². The van der Waals surface area contributed by atoms with E-state index in [9.17, 15) is 4.79 Å². The first-order valence-corrected chi connectivity index (χ1v) is 5.52. The SMILES string of the molecule is CN(CCC(=O)O)Cc1cccc(Br)c1. The number of nitrogens with zero attached hydrogens (tertiary/aromatic N) is 1. The van der Waals surface area contributed by atoms with E-state index in [-0.39, 0.29) is 6.42 Å². The van der Waals surface area contributed by atoms with Gasteiger partial charge in [-0.3, -0.25) is 4.79 Å². The van der Waals surface area contributed by atoms with Crippen LogP contribution in [0.1, 0.15) is 12.0 Å². The summed E-state index contributed by atoms with van der Waals surface area (Å²) in [6.07, 6.45) is 0.185. The van der Waals surface area contributed by atoms with E-state index in [1.165, 1.54) is 5.56 Å². The lowest BCUT2D eigenvalue weighted by molar-refractivity contribution is -0.137. The maximum atomic E-state index is 10.4. The van der Waals surface area contributed by atoms with E-state index in [0.29, 0.717) is 6.54 Å². The molecule has 15 heavy (non-hydrogen) atoms. The van der Waals surface area contributed by atoms with Crippen LogP contribution in [0.15, 0.2) is 28.7 Å². The van der Waals surface area contributed by atoms with Crippen molar-refractivity contribution in [1.29, 1.82) is 0 Å². The highest BCUT2D eigenvalue weighted by molar-refractivity contribution is 9.10. The third kappa shape index (κ3) is 4.95. The molecule has 1 aromatic carbocycles. The zero-order valence-corrected chi connectivity index (χ0v) is 10.2. The summed E-state index contributed by atoms with van der Waals surface area (Å²) in [6.45, 7) is 1.34. The predicted octanol–water partition coefficient (Wildman–Crippen LogP) is 2.36. The minimum Gasteiger partial charge on any atom is -0.481 e. The number of rotatable bonds is 5. The van der Waals surface area contributed by atoms with Crippen molar-refractivity contribution in [3.63, 3.8) is 0 Å². The normalized spacial score (nSPS) is 10.6. The monoisotopic (exact) mass is 271 g/mol. The predicted molar refractivity (Wildman–Crippen MR) is 62.7 cm³/mol. The summed E-state index contributed by atoms with van der Waals surface area (Å²) in [6, 6.07) is 8.02. The van der Waals surface area contributed by atoms with Gasteiger partial charge in [-0.15, -0.1) is 0 Å². The summed E-state index contributed by atoms with van der Waals surface area (Å²) in [5.74, 6) is -0.754. The lowest BCUT2D eigenvalue weighted by atomic mass is 10.2. The average molecular weight is 272 g/mol. The van der Waals surface area contributed by atoms with Crippen LogP contribution in [0.3, 0.4) is 0 Å². The summed E-state index contributed by atoms with van der Waals surface area (Å²) in [5.41, 5.74) is 1.18. The Morgan fingerprint density at radius 3 is 2.87 bits per heavy atom. The quantitative estimate of drug-likeness (QED) is 0.894. The molecule has 0 spiro atoms. The van der Waals surface area contributed by atoms with Crippen molar-refractivity contribution < 1.29 is 9.90 Å². The van der Waals surface area contributed by atoms with Crippen LogP contribution in [0.5, 0.6) is 0 Å². The van der Waals surface area contributed by atoms with Crippen molar-refractivity contribution in [3.8, 4) is 0 Å². The van der Waals surface area contributed by atoms with Gasteiger partial charge in [-0.1, -0.05) is 28.1 Å². The second-order valence-corrected chi connectivity index (χ2v) is 4.43. The molecule has 82 valence electrons. The fourth-order valence-corrected chi connectivity index (χ4v) is 1.76. The molecule has 0 fully saturated rings. The van der Waals surface area contributed by atoms with Crippen LogP contribution >= 0.6 is 15.9 Å². The Hall–Kier alpha value is -0.870. The van der Waals surface area contributed by atoms with E-state index in [4.69, 9.17) is 5.11 Å². The van der Waals surface area contributed by atoms with E-state index in [0.717, 1.165) is 11.0 Å². The van der Waals surface area contributed by atoms with Crippen LogP contribution < -0.4 is 0 Å². The molecule has 4 heteroatoms. The van der Waals surface area contributed by atoms with Crippen LogP contribution in [-0.2, 0) is 11.3 Å². The minimum atomic E-state index is -0.754. The number of carboxylic acid groups (broad SMARTS) is 1. The molecule has 0 radical (unpaired) electrons. The van der Waals surface area contributed by atoms with Gasteiger partial charge in [0.15, 0.2) is 0 Å². The molecule has 3 nitrogen and oxygen atoms in total. The topological polar surface area (TPSA) is 40.5 Å². The zero-order chi connectivity index (χ0) is 11.3. The van der Waals surface area contributed by atoms with E-state index < -0.39 is 5.97 Å². The van der Waals surface area contributed by atoms with Crippen LogP contribution in [0.4, 0.5) is 0 Å². The molecule has 0 atom stereocenters. The van der Waals surface area contributed by atoms with Crippen molar-refractivity contribution >= 4 is 21.9 Å². The molecule has 0 aliphatic heterocycles. The number of carboxylic acids is 1. The number of benzene rings is 1. The van der Waals surface area contributed by atoms with Gasteiger partial charge >= 0.3 is 5.97 Å². The van der Waals surface area contributed by atoms with Crippen molar-refractivity contribution in [2.24, 2.45) is 0 Å². The summed E-state index contributed by atoms with van der Waals surface area (Å²) < 4.78 is 1.05. The molecule has 0 aliphatic rings. The summed E-state index contributed by atoms with van der Waals surface area (Å²) in [4.78, 5) is 12.4. The number of hydrogen-bond donors (Lipinski definition) is 1. The highest BCUT2D eigenvalue weighted by atomic mass is 79.9. The van der Waals surface area contributed by atoms with Gasteiger partial charge in [0.25, 0.3) is 0 Å². The third-order valence-corrected chi connectivity index (χ3v) is 2.54. The Kier molecular flexibility index (Phi) is 4.78. The lowest BCUT2D eigenvalue weighted by Crippen LogP contribution is -2.21. The van der Waals surface area contributed by atoms with E-state index in [2.05, 4.69) is 15.9 Å². The second kappa shape index (κ2) is 5.88. The van der Waals surface area contributed by atoms with E-state index in [1.807, 2.05) is 36.2 Å². The molecule has 0 heterocycles. The third-order valence-electron chi connectivity index (χ3n) is 2.05. The molecule has 0 aliphatic carbocycles. The van der Waals surface area contributed by atoms with Gasteiger partial charge in [-0.05, 0) is 24.7 Å². The Bertz CT molecular complexity index is 341. The fraction of sp³-hybridized carbons (Fsp3) is 0.364. The Labute approximate surface area is 97.8 Å². The van der Waals surface area contributed by atoms with Gasteiger partial charge in [0.05, 0.1) is 6.42 Å². The first-order valence-electron chi connectivity index (χ1n) is 4.72. The highest BCUT2D eigenvalue weighted by Crippen LogP contribution is 2.12. The largest absolute Gasteiger partial charge is 0.481 e. The fourth-order valence-electron chi connectivity index (χ4n) is 1.31. The van der Waals surface area contributed by atoms with E-state index >= 15 is 0 Å². The maximum Gasteiger partial charge on any atom is 0.304 e. The molecule has 0 saturated carbocycles. The molecule has 0 unspecified atom stereocenters. The first kappa shape index (κ1) is 12.2. The molecular weight excluding hydrogens is 258 g/mol. The number of carbonyl (C=O) groups is 1. The lowest BCUT2D eigenvalue weighted by Gasteiger charge is -2.15. The summed E-state index contributed by atoms with van der Waals surface area (Å²) in [7, 11) is 1.92. The van der Waals surface area contributed by atoms with Gasteiger partial charge in [-0.25, -0.2) is 0 Å². The Morgan fingerprint density at radius 1 is 1.53 bits per heavy atom. The van der Waals surface area contributed by atoms with E-state index in [1.54, 1.807) is 0 Å². The zero-order valence-electron chi connectivity index (χ0n) is 8.61. The second-order valence-electron chi connectivity index (χ2n) is 3.51. The molecule has 1 aromatic rings. The molecule has 0 saturated heterocycles. The first-order chi connectivity index (χ1) is 7.08. The van der Waals surface area contributed by atoms with Crippen molar-refractivity contribution in [3.05, 3.63) is 34.3 Å². The molecule has 0 amide bonds. The number of aliphatic carboxylic acids is 1. The molecule has 1 N–H and O–H groups in total. The van der Waals surface area contributed by atoms with Gasteiger partial charge < -0.3 is 10.0 Å². The maximum absolute atomic E-state index is 10.4. The molecule has 0 aromatic heterocycles. The smallest absolute Gasteiger partial charge is 0.304 e. The number of hydrogen-bond acceptors (Lipinski definition) is 2. The van der Waals surface area contributed by atoms with Gasteiger partial charge in [-0.2, -0.15) is 0 Å². The highest BCUT2D eigenvalue weighted by Gasteiger charge is 2.03. The van der Waals surface area contributed by atoms with Crippen LogP contribution in [0.25, 0.3) is 0 Å². The Morgan fingerprint density at radius 2 is 2.27 bits per heavy atom. The van der Waals surface area contributed by atoms with Crippen LogP contribution in [-0.4, -0.2) is 29.6 Å². The van der Waals surface area contributed by atoms with Crippen LogP contribution in [0, 0.1) is 0 Å². The van der Waals surface area contributed by atoms with Gasteiger partial charge in [0, 0.05) is 17.6 Å². The molecular formula is C11H14BrNO2. The summed E-state index contributed by atoms with van der Waals surface area (Å²) >= 11 is 3.40. The van der Waals surface area contributed by atoms with Crippen molar-refractivity contribution in [2.45, 2.75) is 13.0 Å². The van der Waals surface area contributed by atoms with Crippen molar-refractivity contribution in [1.82, 2.24) is 4.90 Å². The van der Waals surface area contributed by atoms with Gasteiger partial charge in [0.2, 0.25) is 0 Å².